The average molecular weight is 1520 g/mol. The number of rotatable bonds is 38. The number of H-pyrrole nitrogens is 1. The van der Waals surface area contributed by atoms with Crippen LogP contribution >= 0.6 is 11.6 Å². The molecule has 0 radical (unpaired) electrons. The summed E-state index contributed by atoms with van der Waals surface area (Å²) in [6.45, 7) is 1.52. The van der Waals surface area contributed by atoms with Gasteiger partial charge in [0, 0.05) is 80.8 Å². The van der Waals surface area contributed by atoms with Crippen LogP contribution in [0.1, 0.15) is 80.2 Å². The zero-order chi connectivity index (χ0) is 78.8. The molecule has 6 aromatic carbocycles. The van der Waals surface area contributed by atoms with E-state index in [0.717, 1.165) is 22.9 Å². The summed E-state index contributed by atoms with van der Waals surface area (Å²) in [5.74, 6) is -10.8. The van der Waals surface area contributed by atoms with Crippen LogP contribution < -0.4 is 76.5 Å². The van der Waals surface area contributed by atoms with E-state index in [1.54, 1.807) is 54.7 Å². The summed E-state index contributed by atoms with van der Waals surface area (Å²) in [5.41, 5.74) is 31.0. The lowest BCUT2D eigenvalue weighted by molar-refractivity contribution is -0.142. The average Bonchev–Trinajstić information content (AvgIpc) is 1.75. The molecular weight excluding hydrogens is 1430 g/mol. The molecule has 22 N–H and O–H groups in total. The lowest BCUT2D eigenvalue weighted by Crippen LogP contribution is -2.61. The van der Waals surface area contributed by atoms with Crippen molar-refractivity contribution in [1.82, 2.24) is 57.7 Å². The number of hydrogen-bond donors (Lipinski definition) is 17. The summed E-state index contributed by atoms with van der Waals surface area (Å²) >= 11 is 6.27. The summed E-state index contributed by atoms with van der Waals surface area (Å²) in [6.07, 6.45) is 0.861. The molecule has 109 heavy (non-hydrogen) atoms. The van der Waals surface area contributed by atoms with Crippen LogP contribution in [0.4, 0.5) is 4.39 Å². The van der Waals surface area contributed by atoms with Crippen LogP contribution in [0.5, 0.6) is 5.75 Å². The number of amides is 11. The molecule has 7 aromatic rings. The highest BCUT2D eigenvalue weighted by Crippen LogP contribution is 2.24. The number of aromatic nitrogens is 1. The Bertz CT molecular complexity index is 4440. The molecule has 31 nitrogen and oxygen atoms in total. The van der Waals surface area contributed by atoms with Crippen molar-refractivity contribution in [3.05, 3.63) is 184 Å². The number of nitrogens with one attached hydrogen (secondary N) is 10. The van der Waals surface area contributed by atoms with E-state index in [4.69, 9.17) is 40.3 Å². The van der Waals surface area contributed by atoms with Crippen LogP contribution in [0.15, 0.2) is 156 Å². The molecule has 0 saturated carbocycles. The zero-order valence-corrected chi connectivity index (χ0v) is 60.9. The van der Waals surface area contributed by atoms with Crippen LogP contribution in [0.2, 0.25) is 5.02 Å². The first-order valence-corrected chi connectivity index (χ1v) is 35.8. The summed E-state index contributed by atoms with van der Waals surface area (Å²) < 4.78 is 14.4. The molecule has 0 bridgehead atoms. The van der Waals surface area contributed by atoms with E-state index in [1.807, 2.05) is 42.5 Å². The van der Waals surface area contributed by atoms with E-state index < -0.39 is 138 Å². The van der Waals surface area contributed by atoms with Crippen molar-refractivity contribution in [2.24, 2.45) is 38.7 Å². The second kappa shape index (κ2) is 40.0. The quantitative estimate of drug-likeness (QED) is 0.0141. The minimum atomic E-state index is -1.88. The highest BCUT2D eigenvalue weighted by atomic mass is 35.5. The van der Waals surface area contributed by atoms with E-state index in [1.165, 1.54) is 55.1 Å². The van der Waals surface area contributed by atoms with Gasteiger partial charge in [-0.1, -0.05) is 109 Å². The molecular formula is C76H92ClFN18O13. The van der Waals surface area contributed by atoms with Crippen molar-refractivity contribution in [2.45, 2.75) is 145 Å². The molecule has 1 aromatic heterocycles. The maximum atomic E-state index is 15.1. The molecule has 0 spiro atoms. The molecule has 578 valence electrons. The number of nitrogens with zero attached hydrogens (tertiary/aromatic N) is 3. The molecule has 1 fully saturated rings. The molecule has 0 unspecified atom stereocenters. The molecule has 8 rings (SSSR count). The molecule has 33 heteroatoms. The fraction of sp³-hybridized carbons (Fsp3) is 0.355. The molecule has 2 heterocycles. The largest absolute Gasteiger partial charge is 0.508 e. The lowest BCUT2D eigenvalue weighted by atomic mass is 9.99. The van der Waals surface area contributed by atoms with E-state index in [2.05, 4.69) is 62.8 Å². The van der Waals surface area contributed by atoms with E-state index in [0.29, 0.717) is 50.2 Å². The number of aliphatic imine (C=N–C) groups is 2. The summed E-state index contributed by atoms with van der Waals surface area (Å²) in [6, 6.07) is 22.7. The highest BCUT2D eigenvalue weighted by Gasteiger charge is 2.40. The Morgan fingerprint density at radius 1 is 0.532 bits per heavy atom. The molecule has 1 aliphatic heterocycles. The number of phenols is 1. The number of carbonyl (C=O) groups excluding carboxylic acids is 11. The van der Waals surface area contributed by atoms with Crippen LogP contribution in [-0.2, 0) is 84.8 Å². The van der Waals surface area contributed by atoms with Crippen LogP contribution in [0.3, 0.4) is 0 Å². The Kier molecular flexibility index (Phi) is 30.2. The number of para-hydroxylation sites is 1. The SMILES string of the molecule is CC(=O)N[C@@H](Cc1ccc2ccccc2c1)C(=O)N[C@@H](Cc1ccc(Cl)cc1)C(=O)N[C@H](Cc1c[nH]c2ccccc12)C(=O)N[C@@H](CO)C(=O)N[C@@H](Cc1ccc(O)cc1)C(=O)N[C@@H](CCCN=C(N)N)C(=O)N[C@@H](Cc1ccc(F)cc1)C(=O)N[C@@H](CCCN=C(N)N)C(=O)N1CCC[C@H]1C(=O)N[C@@H](C)C(N)=O. The molecule has 1 aliphatic rings. The van der Waals surface area contributed by atoms with Gasteiger partial charge in [-0.25, -0.2) is 4.39 Å². The van der Waals surface area contributed by atoms with Gasteiger partial charge in [-0.05, 0) is 127 Å². The first kappa shape index (κ1) is 82.5. The zero-order valence-electron chi connectivity index (χ0n) is 60.1. The fourth-order valence-corrected chi connectivity index (χ4v) is 12.6. The third-order valence-corrected chi connectivity index (χ3v) is 18.5. The number of aliphatic hydroxyl groups is 1. The van der Waals surface area contributed by atoms with Crippen molar-refractivity contribution < 1.29 is 67.3 Å². The number of halogens is 2. The van der Waals surface area contributed by atoms with Crippen molar-refractivity contribution >= 4 is 110 Å². The molecule has 11 amide bonds. The number of fused-ring (bicyclic) bond motifs is 2. The summed E-state index contributed by atoms with van der Waals surface area (Å²) in [4.78, 5) is 170. The van der Waals surface area contributed by atoms with Crippen molar-refractivity contribution in [3.63, 3.8) is 0 Å². The Morgan fingerprint density at radius 3 is 1.51 bits per heavy atom. The Labute approximate surface area is 632 Å². The lowest BCUT2D eigenvalue weighted by Gasteiger charge is -2.30. The van der Waals surface area contributed by atoms with Crippen LogP contribution in [0, 0.1) is 5.82 Å². The van der Waals surface area contributed by atoms with Gasteiger partial charge in [-0.3, -0.25) is 62.7 Å². The van der Waals surface area contributed by atoms with Crippen LogP contribution in [0.25, 0.3) is 21.7 Å². The Morgan fingerprint density at radius 2 is 0.972 bits per heavy atom. The Balaban J connectivity index is 1.07. The number of guanidine groups is 2. The number of primary amides is 1. The van der Waals surface area contributed by atoms with Gasteiger partial charge < -0.3 is 96.6 Å². The first-order valence-electron chi connectivity index (χ1n) is 35.4. The minimum Gasteiger partial charge on any atom is -0.508 e. The smallest absolute Gasteiger partial charge is 0.245 e. The number of phenolic OH excluding ortho intramolecular Hbond substituents is 1. The second-order valence-corrected chi connectivity index (χ2v) is 27.0. The fourth-order valence-electron chi connectivity index (χ4n) is 12.5. The number of hydrogen-bond acceptors (Lipinski definition) is 15. The van der Waals surface area contributed by atoms with Gasteiger partial charge in [0.2, 0.25) is 65.0 Å². The number of nitrogens with two attached hydrogens (primary N) is 5. The monoisotopic (exact) mass is 1520 g/mol. The molecule has 10 atom stereocenters. The third kappa shape index (κ3) is 25.0. The standard InChI is InChI=1S/C76H92ClFN18O13/c1-42(65(79)100)87-73(108)64-16-9-33-96(64)74(109)57(15-8-32-85-76(82)83)90-69(104)60(36-45-20-27-52(78)28-21-45)91-66(101)56(14-7-31-84-75(80)81)89-68(103)59(37-46-22-29-53(99)30-23-46)93-72(107)63(41-97)95-71(106)62(39-50-40-86-55-13-6-5-12-54(50)55)94-70(105)61(35-44-18-25-51(77)26-19-44)92-67(102)58(88-43(2)98)38-47-17-24-48-10-3-4-11-49(48)34-47/h3-6,10-13,17-30,34,40,42,56-64,86,97,99H,7-9,14-16,31-33,35-39,41H2,1-2H3,(H2,79,100)(H,87,108)(H,88,98)(H,89,103)(H,90,104)(H,91,101)(H,92,102)(H,93,107)(H,94,105)(H,95,106)(H4,80,81,84)(H4,82,83,85)/t42-,56-,57-,58-,59-,60-,61-,62+,63-,64-/m0/s1. The molecule has 1 saturated heterocycles. The van der Waals surface area contributed by atoms with Gasteiger partial charge in [-0.15, -0.1) is 0 Å². The number of aromatic hydroxyl groups is 1. The number of aromatic amines is 1. The summed E-state index contributed by atoms with van der Waals surface area (Å²) in [7, 11) is 0. The second-order valence-electron chi connectivity index (χ2n) is 26.6. The normalized spacial score (nSPS) is 15.0. The van der Waals surface area contributed by atoms with Gasteiger partial charge in [0.25, 0.3) is 0 Å². The van der Waals surface area contributed by atoms with E-state index >= 15 is 19.2 Å². The number of likely N-dealkylation sites (tertiary alicyclic amines) is 1. The predicted octanol–water partition coefficient (Wildman–Crippen LogP) is 0.311. The van der Waals surface area contributed by atoms with Gasteiger partial charge in [0.15, 0.2) is 11.9 Å². The van der Waals surface area contributed by atoms with E-state index in [9.17, 15) is 48.2 Å². The highest BCUT2D eigenvalue weighted by molar-refractivity contribution is 6.30. The van der Waals surface area contributed by atoms with Crippen LogP contribution in [-0.4, -0.2) is 184 Å². The maximum absolute atomic E-state index is 15.1. The van der Waals surface area contributed by atoms with Crippen molar-refractivity contribution in [1.29, 1.82) is 0 Å². The van der Waals surface area contributed by atoms with Gasteiger partial charge in [-0.2, -0.15) is 0 Å². The number of carbonyl (C=O) groups is 11. The van der Waals surface area contributed by atoms with Crippen molar-refractivity contribution in [3.8, 4) is 5.75 Å². The molecule has 0 aliphatic carbocycles. The van der Waals surface area contributed by atoms with Gasteiger partial charge in [0.1, 0.15) is 72.0 Å². The topological polar surface area (TPSA) is 510 Å². The predicted molar refractivity (Wildman–Crippen MR) is 406 cm³/mol. The maximum Gasteiger partial charge on any atom is 0.245 e. The van der Waals surface area contributed by atoms with Gasteiger partial charge >= 0.3 is 0 Å². The van der Waals surface area contributed by atoms with E-state index in [-0.39, 0.29) is 102 Å². The third-order valence-electron chi connectivity index (χ3n) is 18.2. The summed E-state index contributed by atoms with van der Waals surface area (Å²) in [5, 5.41) is 48.2. The number of aliphatic hydroxyl groups excluding tert-OH is 1. The number of benzene rings is 6. The van der Waals surface area contributed by atoms with Crippen molar-refractivity contribution in [2.75, 3.05) is 26.2 Å². The first-order chi connectivity index (χ1) is 52.1. The van der Waals surface area contributed by atoms with Gasteiger partial charge in [0.05, 0.1) is 6.61 Å². The minimum absolute atomic E-state index is 0.00202. The Hall–Kier alpha value is -12.2.